The first kappa shape index (κ1) is 11.2. The summed E-state index contributed by atoms with van der Waals surface area (Å²) in [5, 5.41) is 3.69. The van der Waals surface area contributed by atoms with Crippen LogP contribution in [-0.2, 0) is 6.42 Å². The predicted molar refractivity (Wildman–Crippen MR) is 79.3 cm³/mol. The first-order valence-corrected chi connectivity index (χ1v) is 7.33. The molecule has 1 N–H and O–H groups in total. The molecule has 0 unspecified atom stereocenters. The van der Waals surface area contributed by atoms with Crippen LogP contribution in [0.3, 0.4) is 0 Å². The van der Waals surface area contributed by atoms with Crippen molar-refractivity contribution in [1.82, 2.24) is 5.32 Å². The minimum Gasteiger partial charge on any atom is -0.313 e. The number of hydrogen-bond donors (Lipinski definition) is 1. The van der Waals surface area contributed by atoms with Gasteiger partial charge in [-0.2, -0.15) is 0 Å². The summed E-state index contributed by atoms with van der Waals surface area (Å²) in [4.78, 5) is 0. The van der Waals surface area contributed by atoms with Crippen molar-refractivity contribution in [2.24, 2.45) is 0 Å². The van der Waals surface area contributed by atoms with Gasteiger partial charge in [-0.25, -0.2) is 0 Å². The van der Waals surface area contributed by atoms with Gasteiger partial charge in [0.1, 0.15) is 0 Å². The Hall–Kier alpha value is -1.60. The molecule has 0 amide bonds. The summed E-state index contributed by atoms with van der Waals surface area (Å²) < 4.78 is 0. The predicted octanol–water partition coefficient (Wildman–Crippen LogP) is 3.75. The fourth-order valence-corrected chi connectivity index (χ4v) is 3.71. The van der Waals surface area contributed by atoms with Gasteiger partial charge in [-0.15, -0.1) is 0 Å². The molecule has 2 aromatic carbocycles. The van der Waals surface area contributed by atoms with E-state index in [-0.39, 0.29) is 0 Å². The van der Waals surface area contributed by atoms with Crippen LogP contribution in [0.15, 0.2) is 48.5 Å². The monoisotopic (exact) mass is 249 g/mol. The second kappa shape index (κ2) is 4.50. The molecule has 0 aromatic heterocycles. The molecule has 2 aliphatic rings. The van der Waals surface area contributed by atoms with Gasteiger partial charge in [0.2, 0.25) is 0 Å². The van der Waals surface area contributed by atoms with Crippen LogP contribution in [0.5, 0.6) is 0 Å². The van der Waals surface area contributed by atoms with Gasteiger partial charge in [0.25, 0.3) is 0 Å². The molecule has 1 nitrogen and oxygen atoms in total. The Bertz CT molecular complexity index is 588. The van der Waals surface area contributed by atoms with Crippen LogP contribution in [0.25, 0.3) is 11.1 Å². The smallest absolute Gasteiger partial charge is 0.0176 e. The minimum atomic E-state index is 0.690. The van der Waals surface area contributed by atoms with Crippen LogP contribution in [0.1, 0.15) is 29.9 Å². The van der Waals surface area contributed by atoms with E-state index in [4.69, 9.17) is 0 Å². The van der Waals surface area contributed by atoms with Gasteiger partial charge in [-0.05, 0) is 54.0 Å². The van der Waals surface area contributed by atoms with E-state index in [1.54, 1.807) is 11.1 Å². The topological polar surface area (TPSA) is 12.0 Å². The molecule has 0 radical (unpaired) electrons. The van der Waals surface area contributed by atoms with Crippen LogP contribution >= 0.6 is 0 Å². The summed E-state index contributed by atoms with van der Waals surface area (Å²) in [7, 11) is 0. The van der Waals surface area contributed by atoms with Gasteiger partial charge in [-0.1, -0.05) is 48.5 Å². The lowest BCUT2D eigenvalue weighted by atomic mass is 9.89. The van der Waals surface area contributed by atoms with Crippen molar-refractivity contribution in [3.63, 3.8) is 0 Å². The van der Waals surface area contributed by atoms with Gasteiger partial charge < -0.3 is 5.32 Å². The molecule has 1 saturated heterocycles. The van der Waals surface area contributed by atoms with Crippen LogP contribution in [0, 0.1) is 0 Å². The molecule has 96 valence electrons. The van der Waals surface area contributed by atoms with Gasteiger partial charge in [0, 0.05) is 6.04 Å². The van der Waals surface area contributed by atoms with Gasteiger partial charge in [0.15, 0.2) is 0 Å². The summed E-state index contributed by atoms with van der Waals surface area (Å²) in [6.07, 6.45) is 3.88. The SMILES string of the molecule is c1ccc(-c2ccc3c(c2)[C@H]2CCCN[C@H]2C3)cc1. The lowest BCUT2D eigenvalue weighted by molar-refractivity contribution is 0.372. The number of piperidine rings is 1. The summed E-state index contributed by atoms with van der Waals surface area (Å²) in [5.41, 5.74) is 5.85. The van der Waals surface area contributed by atoms with Crippen molar-refractivity contribution in [1.29, 1.82) is 0 Å². The van der Waals surface area contributed by atoms with Crippen molar-refractivity contribution in [2.45, 2.75) is 31.2 Å². The molecule has 4 rings (SSSR count). The minimum absolute atomic E-state index is 0.690. The molecule has 0 bridgehead atoms. The molecular formula is C18H19N. The largest absolute Gasteiger partial charge is 0.313 e. The molecule has 1 heteroatoms. The number of nitrogens with one attached hydrogen (secondary N) is 1. The molecule has 1 fully saturated rings. The number of benzene rings is 2. The summed E-state index contributed by atoms with van der Waals surface area (Å²) in [6.45, 7) is 1.20. The Morgan fingerprint density at radius 2 is 1.84 bits per heavy atom. The van der Waals surface area contributed by atoms with Gasteiger partial charge in [-0.3, -0.25) is 0 Å². The molecule has 2 atom stereocenters. The zero-order valence-corrected chi connectivity index (χ0v) is 11.1. The van der Waals surface area contributed by atoms with Crippen molar-refractivity contribution in [3.8, 4) is 11.1 Å². The van der Waals surface area contributed by atoms with Gasteiger partial charge >= 0.3 is 0 Å². The van der Waals surface area contributed by atoms with E-state index in [2.05, 4.69) is 53.8 Å². The highest BCUT2D eigenvalue weighted by molar-refractivity contribution is 5.65. The van der Waals surface area contributed by atoms with Crippen LogP contribution < -0.4 is 5.32 Å². The van der Waals surface area contributed by atoms with E-state index in [0.717, 1.165) is 5.92 Å². The van der Waals surface area contributed by atoms with E-state index in [1.165, 1.54) is 36.9 Å². The number of hydrogen-bond acceptors (Lipinski definition) is 1. The third-order valence-electron chi connectivity index (χ3n) is 4.68. The second-order valence-corrected chi connectivity index (χ2v) is 5.79. The van der Waals surface area contributed by atoms with Crippen molar-refractivity contribution >= 4 is 0 Å². The molecule has 19 heavy (non-hydrogen) atoms. The third kappa shape index (κ3) is 1.89. The Morgan fingerprint density at radius 3 is 2.74 bits per heavy atom. The Kier molecular flexibility index (Phi) is 2.66. The molecule has 0 saturated carbocycles. The highest BCUT2D eigenvalue weighted by atomic mass is 14.9. The quantitative estimate of drug-likeness (QED) is 0.811. The average molecular weight is 249 g/mol. The maximum absolute atomic E-state index is 3.69. The van der Waals surface area contributed by atoms with E-state index in [0.29, 0.717) is 6.04 Å². The first-order chi connectivity index (χ1) is 9.42. The Morgan fingerprint density at radius 1 is 0.947 bits per heavy atom. The summed E-state index contributed by atoms with van der Waals surface area (Å²) >= 11 is 0. The number of fused-ring (bicyclic) bond motifs is 3. The van der Waals surface area contributed by atoms with Crippen LogP contribution in [0.4, 0.5) is 0 Å². The summed E-state index contributed by atoms with van der Waals surface area (Å²) in [5.74, 6) is 0.743. The zero-order valence-electron chi connectivity index (χ0n) is 11.1. The fraction of sp³-hybridized carbons (Fsp3) is 0.333. The van der Waals surface area contributed by atoms with Crippen molar-refractivity contribution < 1.29 is 0 Å². The Balaban J connectivity index is 1.75. The average Bonchev–Trinajstić information content (AvgIpc) is 2.86. The lowest BCUT2D eigenvalue weighted by Gasteiger charge is -2.27. The van der Waals surface area contributed by atoms with E-state index in [9.17, 15) is 0 Å². The molecular weight excluding hydrogens is 230 g/mol. The number of rotatable bonds is 1. The highest BCUT2D eigenvalue weighted by Gasteiger charge is 2.33. The highest BCUT2D eigenvalue weighted by Crippen LogP contribution is 2.40. The standard InChI is InChI=1S/C18H19N/c1-2-5-13(6-3-1)14-8-9-15-12-18-16(17(15)11-14)7-4-10-19-18/h1-3,5-6,8-9,11,16,18-19H,4,7,10,12H2/t16-,18+/m1/s1. The van der Waals surface area contributed by atoms with Crippen LogP contribution in [-0.4, -0.2) is 12.6 Å². The maximum atomic E-state index is 3.69. The van der Waals surface area contributed by atoms with E-state index < -0.39 is 0 Å². The fourth-order valence-electron chi connectivity index (χ4n) is 3.71. The molecule has 1 heterocycles. The third-order valence-corrected chi connectivity index (χ3v) is 4.68. The second-order valence-electron chi connectivity index (χ2n) is 5.79. The Labute approximate surface area is 114 Å². The van der Waals surface area contributed by atoms with Crippen LogP contribution in [0.2, 0.25) is 0 Å². The van der Waals surface area contributed by atoms with Crippen molar-refractivity contribution in [2.75, 3.05) is 6.54 Å². The van der Waals surface area contributed by atoms with Crippen molar-refractivity contribution in [3.05, 3.63) is 59.7 Å². The van der Waals surface area contributed by atoms with E-state index >= 15 is 0 Å². The normalized spacial score (nSPS) is 24.8. The molecule has 0 spiro atoms. The molecule has 2 aromatic rings. The molecule has 1 aliphatic carbocycles. The van der Waals surface area contributed by atoms with E-state index in [1.807, 2.05) is 0 Å². The lowest BCUT2D eigenvalue weighted by Crippen LogP contribution is -2.37. The summed E-state index contributed by atoms with van der Waals surface area (Å²) in [6, 6.07) is 18.5. The van der Waals surface area contributed by atoms with Gasteiger partial charge in [0.05, 0.1) is 0 Å². The molecule has 1 aliphatic heterocycles. The maximum Gasteiger partial charge on any atom is 0.0176 e. The first-order valence-electron chi connectivity index (χ1n) is 7.33. The zero-order chi connectivity index (χ0) is 12.7.